The molecule has 184 valence electrons. The molecule has 0 aliphatic carbocycles. The molecule has 3 aromatic rings. The molecule has 1 aromatic carbocycles. The van der Waals surface area contributed by atoms with Crippen LogP contribution < -0.4 is 10.5 Å². The van der Waals surface area contributed by atoms with Gasteiger partial charge >= 0.3 is 6.18 Å². The normalized spacial score (nSPS) is 14.3. The molecule has 1 amide bonds. The van der Waals surface area contributed by atoms with Gasteiger partial charge < -0.3 is 9.80 Å². The van der Waals surface area contributed by atoms with E-state index in [1.54, 1.807) is 36.7 Å². The molecule has 1 N–H and O–H groups in total. The van der Waals surface area contributed by atoms with E-state index in [9.17, 15) is 22.8 Å². The lowest BCUT2D eigenvalue weighted by molar-refractivity contribution is -0.138. The standard InChI is InChI=1S/C24H25F3N6O2/c1-16-14-28-23(29-15-16)33-11-9-32(10-12-33)21(34)8-4-6-17-5-2-3-7-18(17)20-13-19(24(25,26)27)22(35)31-30-20/h2-3,5,7,13-15H,4,6,8-12H2,1H3,(H,31,35). The maximum Gasteiger partial charge on any atom is 0.421 e. The number of nitrogens with zero attached hydrogens (tertiary/aromatic N) is 5. The van der Waals surface area contributed by atoms with E-state index in [4.69, 9.17) is 0 Å². The highest BCUT2D eigenvalue weighted by atomic mass is 19.4. The summed E-state index contributed by atoms with van der Waals surface area (Å²) in [6.07, 6.45) is 0.104. The van der Waals surface area contributed by atoms with Gasteiger partial charge in [-0.3, -0.25) is 9.59 Å². The molecule has 0 radical (unpaired) electrons. The lowest BCUT2D eigenvalue weighted by Crippen LogP contribution is -2.49. The van der Waals surface area contributed by atoms with E-state index >= 15 is 0 Å². The molecule has 1 aliphatic rings. The predicted octanol–water partition coefficient (Wildman–Crippen LogP) is 3.23. The molecule has 1 saturated heterocycles. The molecule has 3 heterocycles. The fraction of sp³-hybridized carbons (Fsp3) is 0.375. The Kier molecular flexibility index (Phi) is 7.13. The van der Waals surface area contributed by atoms with Crippen LogP contribution in [0.5, 0.6) is 0 Å². The van der Waals surface area contributed by atoms with Gasteiger partial charge in [-0.2, -0.15) is 18.3 Å². The third-order valence-corrected chi connectivity index (χ3v) is 5.92. The van der Waals surface area contributed by atoms with Gasteiger partial charge in [-0.25, -0.2) is 15.1 Å². The van der Waals surface area contributed by atoms with Gasteiger partial charge in [-0.1, -0.05) is 24.3 Å². The summed E-state index contributed by atoms with van der Waals surface area (Å²) in [4.78, 5) is 36.8. The van der Waals surface area contributed by atoms with Crippen LogP contribution >= 0.6 is 0 Å². The molecule has 11 heteroatoms. The zero-order chi connectivity index (χ0) is 25.0. The van der Waals surface area contributed by atoms with Crippen molar-refractivity contribution in [1.29, 1.82) is 0 Å². The van der Waals surface area contributed by atoms with Crippen LogP contribution in [0.4, 0.5) is 19.1 Å². The van der Waals surface area contributed by atoms with Gasteiger partial charge in [0.1, 0.15) is 5.56 Å². The molecule has 35 heavy (non-hydrogen) atoms. The predicted molar refractivity (Wildman–Crippen MR) is 124 cm³/mol. The number of H-pyrrole nitrogens is 1. The van der Waals surface area contributed by atoms with Crippen LogP contribution in [-0.2, 0) is 17.4 Å². The molecule has 1 fully saturated rings. The minimum atomic E-state index is -4.78. The third kappa shape index (κ3) is 5.84. The van der Waals surface area contributed by atoms with Crippen LogP contribution in [0.15, 0.2) is 47.5 Å². The molecule has 8 nitrogen and oxygen atoms in total. The number of hydrogen-bond acceptors (Lipinski definition) is 6. The Balaban J connectivity index is 1.35. The summed E-state index contributed by atoms with van der Waals surface area (Å²) >= 11 is 0. The lowest BCUT2D eigenvalue weighted by atomic mass is 9.98. The van der Waals surface area contributed by atoms with Crippen molar-refractivity contribution in [2.45, 2.75) is 32.4 Å². The summed E-state index contributed by atoms with van der Waals surface area (Å²) in [5, 5.41) is 5.75. The Morgan fingerprint density at radius 1 is 1.09 bits per heavy atom. The molecule has 0 unspecified atom stereocenters. The second kappa shape index (κ2) is 10.2. The van der Waals surface area contributed by atoms with Gasteiger partial charge in [-0.15, -0.1) is 0 Å². The number of carbonyl (C=O) groups excluding carboxylic acids is 1. The first-order chi connectivity index (χ1) is 16.7. The smallest absolute Gasteiger partial charge is 0.339 e. The number of benzene rings is 1. The first kappa shape index (κ1) is 24.4. The summed E-state index contributed by atoms with van der Waals surface area (Å²) in [6.45, 7) is 4.38. The number of hydrogen-bond donors (Lipinski definition) is 1. The lowest BCUT2D eigenvalue weighted by Gasteiger charge is -2.34. The summed E-state index contributed by atoms with van der Waals surface area (Å²) < 4.78 is 39.5. The van der Waals surface area contributed by atoms with Crippen molar-refractivity contribution in [2.75, 3.05) is 31.1 Å². The molecule has 2 aromatic heterocycles. The zero-order valence-electron chi connectivity index (χ0n) is 19.2. The number of halogens is 3. The van der Waals surface area contributed by atoms with Gasteiger partial charge in [-0.05, 0) is 37.0 Å². The van der Waals surface area contributed by atoms with Crippen molar-refractivity contribution in [2.24, 2.45) is 0 Å². The van der Waals surface area contributed by atoms with E-state index in [-0.39, 0.29) is 11.6 Å². The Bertz CT molecular complexity index is 1230. The van der Waals surface area contributed by atoms with Crippen molar-refractivity contribution in [3.63, 3.8) is 0 Å². The quantitative estimate of drug-likeness (QED) is 0.575. The number of aromatic nitrogens is 4. The van der Waals surface area contributed by atoms with E-state index in [2.05, 4.69) is 15.1 Å². The number of alkyl halides is 3. The van der Waals surface area contributed by atoms with Crippen LogP contribution in [0.2, 0.25) is 0 Å². The zero-order valence-corrected chi connectivity index (χ0v) is 19.2. The number of nitrogens with one attached hydrogen (secondary N) is 1. The summed E-state index contributed by atoms with van der Waals surface area (Å²) in [7, 11) is 0. The minimum absolute atomic E-state index is 0.0355. The molecule has 0 bridgehead atoms. The Hall–Kier alpha value is -3.76. The number of amides is 1. The number of aromatic amines is 1. The number of aryl methyl sites for hydroxylation is 2. The topological polar surface area (TPSA) is 95.1 Å². The average Bonchev–Trinajstić information content (AvgIpc) is 2.84. The van der Waals surface area contributed by atoms with Crippen LogP contribution in [-0.4, -0.2) is 57.2 Å². The van der Waals surface area contributed by atoms with Gasteiger partial charge in [0.25, 0.3) is 5.56 Å². The number of rotatable bonds is 6. The van der Waals surface area contributed by atoms with Gasteiger partial charge in [0.05, 0.1) is 5.69 Å². The molecule has 0 spiro atoms. The second-order valence-corrected chi connectivity index (χ2v) is 8.43. The number of piperazine rings is 1. The SMILES string of the molecule is Cc1cnc(N2CCN(C(=O)CCCc3ccccc3-c3cc(C(F)(F)F)c(=O)[nH]n3)CC2)nc1. The molecule has 0 atom stereocenters. The van der Waals surface area contributed by atoms with Gasteiger partial charge in [0.15, 0.2) is 0 Å². The average molecular weight is 486 g/mol. The van der Waals surface area contributed by atoms with E-state index < -0.39 is 17.3 Å². The molecule has 4 rings (SSSR count). The number of anilines is 1. The Labute approximate surface area is 199 Å². The fourth-order valence-electron chi connectivity index (χ4n) is 4.04. The Morgan fingerprint density at radius 3 is 2.46 bits per heavy atom. The largest absolute Gasteiger partial charge is 0.421 e. The maximum atomic E-state index is 13.2. The summed E-state index contributed by atoms with van der Waals surface area (Å²) in [5.74, 6) is 0.692. The summed E-state index contributed by atoms with van der Waals surface area (Å²) in [5.41, 5.74) is -0.293. The van der Waals surface area contributed by atoms with E-state index in [0.717, 1.165) is 17.2 Å². The van der Waals surface area contributed by atoms with Crippen LogP contribution in [0.1, 0.15) is 29.5 Å². The fourth-order valence-corrected chi connectivity index (χ4v) is 4.04. The highest BCUT2D eigenvalue weighted by molar-refractivity contribution is 5.76. The Morgan fingerprint density at radius 2 is 1.77 bits per heavy atom. The first-order valence-electron chi connectivity index (χ1n) is 11.3. The third-order valence-electron chi connectivity index (χ3n) is 5.92. The minimum Gasteiger partial charge on any atom is -0.339 e. The van der Waals surface area contributed by atoms with Crippen LogP contribution in [0.3, 0.4) is 0 Å². The summed E-state index contributed by atoms with van der Waals surface area (Å²) in [6, 6.07) is 7.69. The van der Waals surface area contributed by atoms with Crippen molar-refractivity contribution >= 4 is 11.9 Å². The van der Waals surface area contributed by atoms with Crippen molar-refractivity contribution in [1.82, 2.24) is 25.1 Å². The van der Waals surface area contributed by atoms with Gasteiger partial charge in [0.2, 0.25) is 11.9 Å². The van der Waals surface area contributed by atoms with E-state index in [0.29, 0.717) is 57.0 Å². The molecular weight excluding hydrogens is 461 g/mol. The molecular formula is C24H25F3N6O2. The van der Waals surface area contributed by atoms with Crippen molar-refractivity contribution in [3.8, 4) is 11.3 Å². The molecule has 0 saturated carbocycles. The number of carbonyl (C=O) groups is 1. The maximum absolute atomic E-state index is 13.2. The van der Waals surface area contributed by atoms with Crippen LogP contribution in [0.25, 0.3) is 11.3 Å². The highest BCUT2D eigenvalue weighted by Gasteiger charge is 2.34. The molecule has 1 aliphatic heterocycles. The first-order valence-corrected chi connectivity index (χ1v) is 11.3. The van der Waals surface area contributed by atoms with E-state index in [1.807, 2.05) is 21.8 Å². The monoisotopic (exact) mass is 486 g/mol. The van der Waals surface area contributed by atoms with Crippen LogP contribution in [0, 0.1) is 6.92 Å². The van der Waals surface area contributed by atoms with Crippen molar-refractivity contribution in [3.05, 3.63) is 69.8 Å². The van der Waals surface area contributed by atoms with Crippen molar-refractivity contribution < 1.29 is 18.0 Å². The van der Waals surface area contributed by atoms with E-state index in [1.165, 1.54) is 0 Å². The highest BCUT2D eigenvalue weighted by Crippen LogP contribution is 2.30. The van der Waals surface area contributed by atoms with Gasteiger partial charge in [0, 0.05) is 50.6 Å². The second-order valence-electron chi connectivity index (χ2n) is 8.43.